The first-order chi connectivity index (χ1) is 14.5. The van der Waals surface area contributed by atoms with Crippen molar-refractivity contribution in [2.45, 2.75) is 71.5 Å². The minimum absolute atomic E-state index is 0.00527. The van der Waals surface area contributed by atoms with Crippen LogP contribution in [0.4, 0.5) is 0 Å². The summed E-state index contributed by atoms with van der Waals surface area (Å²) in [5.41, 5.74) is -1.40. The van der Waals surface area contributed by atoms with E-state index in [1.807, 2.05) is 39.2 Å². The number of allylic oxidation sites excluding steroid dienone is 4. The molecule has 7 atom stereocenters. The zero-order chi connectivity index (χ0) is 22.2. The molecule has 1 N–H and O–H groups in total. The molecule has 0 radical (unpaired) electrons. The number of hydrogen-bond donors (Lipinski definition) is 1. The van der Waals surface area contributed by atoms with Gasteiger partial charge in [-0.3, -0.25) is 9.59 Å². The average Bonchev–Trinajstić information content (AvgIpc) is 3.07. The molecule has 2 heterocycles. The van der Waals surface area contributed by atoms with Crippen LogP contribution in [0.3, 0.4) is 0 Å². The summed E-state index contributed by atoms with van der Waals surface area (Å²) < 4.78 is 11.9. The Morgan fingerprint density at radius 1 is 1.13 bits per heavy atom. The Morgan fingerprint density at radius 3 is 2.55 bits per heavy atom. The SMILES string of the molecule is CC1(C)C(=O)C=C[C@@]2(C)C1=C(O)C(=O)[C@]1(C)C2CC[C@@]2(C)[C@H](c3ccoc3)C[C@H]3O[C@]321. The molecule has 5 aliphatic rings. The lowest BCUT2D eigenvalue weighted by atomic mass is 9.39. The molecule has 31 heavy (non-hydrogen) atoms. The Balaban J connectivity index is 1.57. The van der Waals surface area contributed by atoms with E-state index in [4.69, 9.17) is 9.15 Å². The summed E-state index contributed by atoms with van der Waals surface area (Å²) in [6.45, 7) is 10.0. The number of carbonyl (C=O) groups excluding carboxylic acids is 2. The van der Waals surface area contributed by atoms with E-state index >= 15 is 0 Å². The van der Waals surface area contributed by atoms with E-state index in [1.165, 1.54) is 5.56 Å². The highest BCUT2D eigenvalue weighted by Crippen LogP contribution is 2.81. The number of epoxide rings is 1. The molecule has 1 aromatic rings. The van der Waals surface area contributed by atoms with Crippen molar-refractivity contribution in [2.75, 3.05) is 0 Å². The van der Waals surface area contributed by atoms with Crippen molar-refractivity contribution in [3.05, 3.63) is 47.6 Å². The third kappa shape index (κ3) is 1.80. The van der Waals surface area contributed by atoms with Gasteiger partial charge in [0.2, 0.25) is 5.78 Å². The highest BCUT2D eigenvalue weighted by molar-refractivity contribution is 6.06. The predicted octanol–water partition coefficient (Wildman–Crippen LogP) is 4.89. The van der Waals surface area contributed by atoms with E-state index in [0.29, 0.717) is 5.57 Å². The molecule has 5 heteroatoms. The highest BCUT2D eigenvalue weighted by atomic mass is 16.6. The number of ether oxygens (including phenoxy) is 1. The maximum absolute atomic E-state index is 14.0. The minimum atomic E-state index is -0.901. The van der Waals surface area contributed by atoms with Gasteiger partial charge in [-0.25, -0.2) is 0 Å². The summed E-state index contributed by atoms with van der Waals surface area (Å²) in [6.07, 6.45) is 9.76. The van der Waals surface area contributed by atoms with E-state index in [9.17, 15) is 14.7 Å². The van der Waals surface area contributed by atoms with Gasteiger partial charge in [-0.1, -0.05) is 19.9 Å². The molecule has 1 aromatic heterocycles. The minimum Gasteiger partial charge on any atom is -0.504 e. The van der Waals surface area contributed by atoms with Crippen molar-refractivity contribution in [3.63, 3.8) is 0 Å². The Labute approximate surface area is 182 Å². The lowest BCUT2D eigenvalue weighted by Gasteiger charge is -2.62. The second kappa shape index (κ2) is 5.25. The molecule has 164 valence electrons. The molecule has 0 bridgehead atoms. The standard InChI is InChI=1S/C26H30O5/c1-22(2)17(27)7-9-23(3)16-6-10-24(4)15(14-8-11-30-13-14)12-18-26(24,31-18)25(16,5)21(29)19(28)20(22)23/h7-9,11,13,15-16,18,28H,6,10,12H2,1-5H3/t15-,16?,18+,23+,24-,25-,26+/m0/s1. The predicted molar refractivity (Wildman–Crippen MR) is 113 cm³/mol. The van der Waals surface area contributed by atoms with Crippen molar-refractivity contribution in [2.24, 2.45) is 27.6 Å². The van der Waals surface area contributed by atoms with Crippen LogP contribution in [0.25, 0.3) is 0 Å². The molecule has 4 aliphatic carbocycles. The number of aliphatic hydroxyl groups is 1. The molecule has 0 amide bonds. The summed E-state index contributed by atoms with van der Waals surface area (Å²) in [5, 5.41) is 11.4. The number of rotatable bonds is 1. The number of carbonyl (C=O) groups is 2. The maximum Gasteiger partial charge on any atom is 0.206 e. The number of Topliss-reactive ketones (excluding diaryl/α,β-unsaturated/α-hetero) is 1. The van der Waals surface area contributed by atoms with E-state index in [1.54, 1.807) is 12.3 Å². The second-order valence-electron chi connectivity index (χ2n) is 11.6. The van der Waals surface area contributed by atoms with Crippen LogP contribution in [0.5, 0.6) is 0 Å². The zero-order valence-corrected chi connectivity index (χ0v) is 18.8. The van der Waals surface area contributed by atoms with Crippen molar-refractivity contribution < 1.29 is 23.8 Å². The summed E-state index contributed by atoms with van der Waals surface area (Å²) in [4.78, 5) is 26.7. The van der Waals surface area contributed by atoms with Gasteiger partial charge < -0.3 is 14.3 Å². The van der Waals surface area contributed by atoms with Gasteiger partial charge >= 0.3 is 0 Å². The molecule has 5 nitrogen and oxygen atoms in total. The van der Waals surface area contributed by atoms with E-state index < -0.39 is 21.8 Å². The normalized spacial score (nSPS) is 49.4. The Kier molecular flexibility index (Phi) is 3.31. The number of aliphatic hydroxyl groups excluding tert-OH is 1. The Morgan fingerprint density at radius 2 is 1.87 bits per heavy atom. The summed E-state index contributed by atoms with van der Waals surface area (Å²) >= 11 is 0. The molecular weight excluding hydrogens is 392 g/mol. The molecule has 0 aromatic carbocycles. The molecule has 3 fully saturated rings. The van der Waals surface area contributed by atoms with Gasteiger partial charge in [-0.15, -0.1) is 0 Å². The molecular formula is C26H30O5. The molecule has 1 unspecified atom stereocenters. The molecule has 1 saturated heterocycles. The number of furan rings is 1. The van der Waals surface area contributed by atoms with Crippen LogP contribution in [0, 0.1) is 27.6 Å². The highest BCUT2D eigenvalue weighted by Gasteiger charge is 2.87. The van der Waals surface area contributed by atoms with Gasteiger partial charge in [0.05, 0.1) is 29.5 Å². The van der Waals surface area contributed by atoms with Gasteiger partial charge in [0, 0.05) is 10.8 Å². The number of hydrogen-bond acceptors (Lipinski definition) is 5. The van der Waals surface area contributed by atoms with Crippen LogP contribution >= 0.6 is 0 Å². The van der Waals surface area contributed by atoms with Crippen molar-refractivity contribution in [1.82, 2.24) is 0 Å². The van der Waals surface area contributed by atoms with Gasteiger partial charge in [0.15, 0.2) is 11.5 Å². The van der Waals surface area contributed by atoms with Crippen LogP contribution in [0.15, 0.2) is 46.5 Å². The Bertz CT molecular complexity index is 1090. The van der Waals surface area contributed by atoms with Crippen LogP contribution in [-0.4, -0.2) is 28.4 Å². The fourth-order valence-electron chi connectivity index (χ4n) is 8.78. The van der Waals surface area contributed by atoms with Crippen LogP contribution < -0.4 is 0 Å². The fraction of sp³-hybridized carbons (Fsp3) is 0.615. The van der Waals surface area contributed by atoms with Gasteiger partial charge in [0.1, 0.15) is 5.60 Å². The molecule has 6 rings (SSSR count). The van der Waals surface area contributed by atoms with E-state index in [0.717, 1.165) is 19.3 Å². The van der Waals surface area contributed by atoms with Gasteiger partial charge in [-0.2, -0.15) is 0 Å². The lowest BCUT2D eigenvalue weighted by molar-refractivity contribution is -0.162. The average molecular weight is 423 g/mol. The van der Waals surface area contributed by atoms with Gasteiger partial charge in [0.25, 0.3) is 0 Å². The Hall–Kier alpha value is -2.14. The molecule has 2 saturated carbocycles. The number of fused-ring (bicyclic) bond motifs is 3. The first-order valence-corrected chi connectivity index (χ1v) is 11.4. The van der Waals surface area contributed by atoms with E-state index in [-0.39, 0.29) is 40.7 Å². The second-order valence-corrected chi connectivity index (χ2v) is 11.6. The van der Waals surface area contributed by atoms with Crippen LogP contribution in [0.1, 0.15) is 65.4 Å². The monoisotopic (exact) mass is 422 g/mol. The topological polar surface area (TPSA) is 80.0 Å². The van der Waals surface area contributed by atoms with Crippen LogP contribution in [-0.2, 0) is 14.3 Å². The smallest absolute Gasteiger partial charge is 0.206 e. The maximum atomic E-state index is 14.0. The largest absolute Gasteiger partial charge is 0.504 e. The zero-order valence-electron chi connectivity index (χ0n) is 18.8. The number of ketones is 2. The van der Waals surface area contributed by atoms with Crippen LogP contribution in [0.2, 0.25) is 0 Å². The molecule has 1 spiro atoms. The fourth-order valence-corrected chi connectivity index (χ4v) is 8.78. The first-order valence-electron chi connectivity index (χ1n) is 11.4. The first kappa shape index (κ1) is 19.5. The van der Waals surface area contributed by atoms with E-state index in [2.05, 4.69) is 13.8 Å². The third-order valence-electron chi connectivity index (χ3n) is 10.2. The third-order valence-corrected chi connectivity index (χ3v) is 10.2. The quantitative estimate of drug-likeness (QED) is 0.652. The van der Waals surface area contributed by atoms with Crippen molar-refractivity contribution >= 4 is 11.6 Å². The summed E-state index contributed by atoms with van der Waals surface area (Å²) in [7, 11) is 0. The van der Waals surface area contributed by atoms with Crippen molar-refractivity contribution in [3.8, 4) is 0 Å². The summed E-state index contributed by atoms with van der Waals surface area (Å²) in [5.74, 6) is -0.312. The summed E-state index contributed by atoms with van der Waals surface area (Å²) in [6, 6.07) is 2.03. The van der Waals surface area contributed by atoms with Crippen molar-refractivity contribution in [1.29, 1.82) is 0 Å². The van der Waals surface area contributed by atoms with Gasteiger partial charge in [-0.05, 0) is 75.1 Å². The lowest BCUT2D eigenvalue weighted by Crippen LogP contribution is -2.66. The molecule has 1 aliphatic heterocycles.